The van der Waals surface area contributed by atoms with Gasteiger partial charge in [0, 0.05) is 0 Å². The molecule has 0 spiro atoms. The number of rotatable bonds is 20. The van der Waals surface area contributed by atoms with Crippen LogP contribution in [0.25, 0.3) is 0 Å². The second-order valence-corrected chi connectivity index (χ2v) is 10.0. The van der Waals surface area contributed by atoms with Gasteiger partial charge in [-0.2, -0.15) is 0 Å². The predicted octanol–water partition coefficient (Wildman–Crippen LogP) is 9.71. The molecule has 158 valence electrons. The third-order valence-corrected chi connectivity index (χ3v) is 7.40. The Labute approximate surface area is 170 Å². The molecule has 26 heavy (non-hydrogen) atoms. The van der Waals surface area contributed by atoms with E-state index in [2.05, 4.69) is 36.9 Å². The van der Waals surface area contributed by atoms with E-state index in [0.717, 1.165) is 5.92 Å². The van der Waals surface area contributed by atoms with E-state index in [1.165, 1.54) is 122 Å². The molecule has 0 nitrogen and oxygen atoms in total. The molecule has 0 heterocycles. The second kappa shape index (κ2) is 18.8. The van der Waals surface area contributed by atoms with Crippen molar-refractivity contribution in [3.8, 4) is 0 Å². The van der Waals surface area contributed by atoms with Crippen molar-refractivity contribution in [2.24, 2.45) is 5.92 Å². The summed E-state index contributed by atoms with van der Waals surface area (Å²) in [7, 11) is 3.42. The highest BCUT2D eigenvalue weighted by Gasteiger charge is 2.32. The van der Waals surface area contributed by atoms with E-state index in [9.17, 15) is 0 Å². The maximum Gasteiger partial charge on any atom is -0.0122 e. The molecule has 0 aromatic carbocycles. The van der Waals surface area contributed by atoms with Crippen LogP contribution in [0, 0.1) is 5.92 Å². The standard InChI is InChI=1S/C25H53P/c1-5-9-12-15-18-22-25(26,23-19-16-13-10-6-2)24(20-8-4)21-17-14-11-7-3/h24H,5-23,26H2,1-4H3. The highest BCUT2D eigenvalue weighted by Crippen LogP contribution is 2.43. The zero-order chi connectivity index (χ0) is 19.5. The third kappa shape index (κ3) is 13.6. The van der Waals surface area contributed by atoms with Crippen molar-refractivity contribution in [2.45, 2.75) is 155 Å². The first kappa shape index (κ1) is 26.4. The Kier molecular flexibility index (Phi) is 19.1. The van der Waals surface area contributed by atoms with Crippen molar-refractivity contribution in [2.75, 3.05) is 0 Å². The van der Waals surface area contributed by atoms with Gasteiger partial charge >= 0.3 is 0 Å². The Balaban J connectivity index is 4.62. The lowest BCUT2D eigenvalue weighted by atomic mass is 9.77. The smallest absolute Gasteiger partial charge is 0.0122 e. The largest absolute Gasteiger partial charge is 0.131 e. The summed E-state index contributed by atoms with van der Waals surface area (Å²) in [5, 5.41) is 0.528. The minimum absolute atomic E-state index is 0.528. The Bertz CT molecular complexity index is 259. The molecular formula is C25H53P. The Hall–Kier alpha value is 0.430. The van der Waals surface area contributed by atoms with Crippen LogP contribution in [0.5, 0.6) is 0 Å². The minimum atomic E-state index is 0.528. The number of unbranched alkanes of at least 4 members (excludes halogenated alkanes) is 11. The molecule has 0 saturated heterocycles. The molecule has 0 rings (SSSR count). The molecule has 0 N–H and O–H groups in total. The van der Waals surface area contributed by atoms with Crippen LogP contribution in [-0.4, -0.2) is 5.16 Å². The summed E-state index contributed by atoms with van der Waals surface area (Å²) in [6.45, 7) is 9.37. The van der Waals surface area contributed by atoms with E-state index in [1.807, 2.05) is 0 Å². The van der Waals surface area contributed by atoms with Gasteiger partial charge in [0.1, 0.15) is 0 Å². The highest BCUT2D eigenvalue weighted by molar-refractivity contribution is 7.19. The highest BCUT2D eigenvalue weighted by atomic mass is 31.0. The van der Waals surface area contributed by atoms with E-state index >= 15 is 0 Å². The molecule has 0 amide bonds. The van der Waals surface area contributed by atoms with Crippen LogP contribution in [0.15, 0.2) is 0 Å². The summed E-state index contributed by atoms with van der Waals surface area (Å²) in [6, 6.07) is 0. The van der Waals surface area contributed by atoms with Gasteiger partial charge in [-0.3, -0.25) is 0 Å². The van der Waals surface area contributed by atoms with Crippen molar-refractivity contribution in [3.05, 3.63) is 0 Å². The average molecular weight is 385 g/mol. The lowest BCUT2D eigenvalue weighted by molar-refractivity contribution is 0.275. The summed E-state index contributed by atoms with van der Waals surface area (Å²) in [5.74, 6) is 0.937. The molecule has 1 heteroatoms. The SMILES string of the molecule is CCCCCCCC(P)(CCCCCCC)C(CCC)CCCCCC. The summed E-state index contributed by atoms with van der Waals surface area (Å²) in [4.78, 5) is 0. The number of hydrogen-bond donors (Lipinski definition) is 0. The minimum Gasteiger partial charge on any atom is -0.131 e. The molecule has 0 aliphatic heterocycles. The fraction of sp³-hybridized carbons (Fsp3) is 1.00. The van der Waals surface area contributed by atoms with Gasteiger partial charge in [0.2, 0.25) is 0 Å². The van der Waals surface area contributed by atoms with Crippen LogP contribution >= 0.6 is 9.24 Å². The van der Waals surface area contributed by atoms with Crippen LogP contribution in [-0.2, 0) is 0 Å². The second-order valence-electron chi connectivity index (χ2n) is 8.90. The molecule has 0 saturated carbocycles. The van der Waals surface area contributed by atoms with Crippen LogP contribution in [0.4, 0.5) is 0 Å². The molecule has 0 radical (unpaired) electrons. The first-order chi connectivity index (χ1) is 12.6. The topological polar surface area (TPSA) is 0 Å². The van der Waals surface area contributed by atoms with Crippen LogP contribution in [0.3, 0.4) is 0 Å². The summed E-state index contributed by atoms with van der Waals surface area (Å²) < 4.78 is 0. The molecule has 0 aliphatic rings. The Morgan fingerprint density at radius 2 is 0.923 bits per heavy atom. The van der Waals surface area contributed by atoms with Gasteiger partial charge in [0.05, 0.1) is 0 Å². The molecule has 0 aromatic rings. The molecule has 0 fully saturated rings. The predicted molar refractivity (Wildman–Crippen MR) is 126 cm³/mol. The van der Waals surface area contributed by atoms with Gasteiger partial charge in [0.25, 0.3) is 0 Å². The Morgan fingerprint density at radius 3 is 1.35 bits per heavy atom. The van der Waals surface area contributed by atoms with Gasteiger partial charge in [0.15, 0.2) is 0 Å². The molecule has 2 atom stereocenters. The summed E-state index contributed by atoms with van der Waals surface area (Å²) in [6.07, 6.45) is 27.2. The van der Waals surface area contributed by atoms with Crippen molar-refractivity contribution in [1.29, 1.82) is 0 Å². The van der Waals surface area contributed by atoms with Gasteiger partial charge in [-0.05, 0) is 36.8 Å². The lowest BCUT2D eigenvalue weighted by Crippen LogP contribution is -2.32. The fourth-order valence-electron chi connectivity index (χ4n) is 4.53. The van der Waals surface area contributed by atoms with Crippen LogP contribution in [0.2, 0.25) is 0 Å². The molecule has 0 aliphatic carbocycles. The third-order valence-electron chi connectivity index (χ3n) is 6.35. The lowest BCUT2D eigenvalue weighted by Gasteiger charge is -2.39. The fourth-order valence-corrected chi connectivity index (χ4v) is 5.28. The van der Waals surface area contributed by atoms with Gasteiger partial charge < -0.3 is 0 Å². The van der Waals surface area contributed by atoms with Gasteiger partial charge in [-0.25, -0.2) is 0 Å². The van der Waals surface area contributed by atoms with Crippen LogP contribution in [0.1, 0.15) is 150 Å². The monoisotopic (exact) mass is 384 g/mol. The first-order valence-electron chi connectivity index (χ1n) is 12.4. The first-order valence-corrected chi connectivity index (χ1v) is 13.0. The maximum atomic E-state index is 3.42. The maximum absolute atomic E-state index is 3.42. The van der Waals surface area contributed by atoms with E-state index in [4.69, 9.17) is 0 Å². The van der Waals surface area contributed by atoms with Crippen molar-refractivity contribution < 1.29 is 0 Å². The normalized spacial score (nSPS) is 13.3. The van der Waals surface area contributed by atoms with Gasteiger partial charge in [-0.1, -0.05) is 124 Å². The molecule has 0 bridgehead atoms. The average Bonchev–Trinajstić information content (AvgIpc) is 2.64. The van der Waals surface area contributed by atoms with E-state index in [0.29, 0.717) is 5.16 Å². The van der Waals surface area contributed by atoms with E-state index in [1.54, 1.807) is 0 Å². The zero-order valence-corrected chi connectivity index (χ0v) is 20.2. The van der Waals surface area contributed by atoms with Crippen LogP contribution < -0.4 is 0 Å². The summed E-state index contributed by atoms with van der Waals surface area (Å²) >= 11 is 0. The molecular weight excluding hydrogens is 331 g/mol. The quantitative estimate of drug-likeness (QED) is 0.145. The zero-order valence-electron chi connectivity index (χ0n) is 19.1. The summed E-state index contributed by atoms with van der Waals surface area (Å²) in [5.41, 5.74) is 0. The van der Waals surface area contributed by atoms with Crippen molar-refractivity contribution in [1.82, 2.24) is 0 Å². The molecule has 0 aromatic heterocycles. The molecule has 2 unspecified atom stereocenters. The van der Waals surface area contributed by atoms with E-state index < -0.39 is 0 Å². The number of hydrogen-bond acceptors (Lipinski definition) is 0. The van der Waals surface area contributed by atoms with Gasteiger partial charge in [-0.15, -0.1) is 9.24 Å². The Morgan fingerprint density at radius 1 is 0.500 bits per heavy atom. The van der Waals surface area contributed by atoms with E-state index in [-0.39, 0.29) is 0 Å². The van der Waals surface area contributed by atoms with Crippen molar-refractivity contribution in [3.63, 3.8) is 0 Å². The van der Waals surface area contributed by atoms with Crippen molar-refractivity contribution >= 4 is 9.24 Å².